The van der Waals surface area contributed by atoms with Crippen LogP contribution in [0.5, 0.6) is 0 Å². The van der Waals surface area contributed by atoms with Crippen molar-refractivity contribution in [3.05, 3.63) is 39.6 Å². The average molecular weight is 265 g/mol. The minimum atomic E-state index is -0.380. The van der Waals surface area contributed by atoms with Crippen LogP contribution in [0.4, 0.5) is 0 Å². The zero-order valence-corrected chi connectivity index (χ0v) is 11.7. The Hall–Kier alpha value is -1.17. The number of aryl methyl sites for hydroxylation is 2. The molecule has 0 bridgehead atoms. The van der Waals surface area contributed by atoms with Gasteiger partial charge >= 0.3 is 0 Å². The lowest BCUT2D eigenvalue weighted by Gasteiger charge is -2.19. The zero-order chi connectivity index (χ0) is 13.3. The van der Waals surface area contributed by atoms with Gasteiger partial charge in [0.05, 0.1) is 30.7 Å². The van der Waals surface area contributed by atoms with E-state index >= 15 is 0 Å². The molecule has 2 aromatic rings. The molecule has 2 atom stereocenters. The quantitative estimate of drug-likeness (QED) is 0.890. The van der Waals surface area contributed by atoms with Gasteiger partial charge in [0.1, 0.15) is 0 Å². The third kappa shape index (κ3) is 2.34. The van der Waals surface area contributed by atoms with Gasteiger partial charge in [-0.15, -0.1) is 11.3 Å². The van der Waals surface area contributed by atoms with E-state index in [1.165, 1.54) is 15.3 Å². The molecule has 0 amide bonds. The molecule has 2 unspecified atom stereocenters. The molecule has 0 fully saturated rings. The highest BCUT2D eigenvalue weighted by Crippen LogP contribution is 2.30. The predicted molar refractivity (Wildman–Crippen MR) is 73.8 cm³/mol. The number of nitrogens with two attached hydrogens (primary N) is 1. The lowest BCUT2D eigenvalue weighted by atomic mass is 10.1. The van der Waals surface area contributed by atoms with Crippen LogP contribution < -0.4 is 5.73 Å². The predicted octanol–water partition coefficient (Wildman–Crippen LogP) is 2.16. The topological polar surface area (TPSA) is 64.1 Å². The molecule has 4 nitrogen and oxygen atoms in total. The maximum Gasteiger partial charge on any atom is 0.0954 e. The van der Waals surface area contributed by atoms with Crippen LogP contribution in [0.3, 0.4) is 0 Å². The number of rotatable bonds is 4. The number of aromatic nitrogens is 2. The van der Waals surface area contributed by atoms with E-state index in [2.05, 4.69) is 31.8 Å². The summed E-state index contributed by atoms with van der Waals surface area (Å²) in [5.74, 6) is 0. The highest BCUT2D eigenvalue weighted by Gasteiger charge is 2.18. The van der Waals surface area contributed by atoms with Gasteiger partial charge in [-0.2, -0.15) is 0 Å². The van der Waals surface area contributed by atoms with Crippen LogP contribution in [0.1, 0.15) is 40.0 Å². The molecule has 3 N–H and O–H groups in total. The first kappa shape index (κ1) is 13.3. The largest absolute Gasteiger partial charge is 0.394 e. The number of aliphatic hydroxyl groups excluding tert-OH is 1. The van der Waals surface area contributed by atoms with Gasteiger partial charge in [0.2, 0.25) is 0 Å². The summed E-state index contributed by atoms with van der Waals surface area (Å²) in [6.07, 6.45) is 3.51. The summed E-state index contributed by atoms with van der Waals surface area (Å²) in [5.41, 5.74) is 8.05. The zero-order valence-electron chi connectivity index (χ0n) is 10.9. The van der Waals surface area contributed by atoms with Crippen molar-refractivity contribution < 1.29 is 5.11 Å². The fourth-order valence-corrected chi connectivity index (χ4v) is 3.25. The van der Waals surface area contributed by atoms with Gasteiger partial charge in [-0.25, -0.2) is 4.98 Å². The summed E-state index contributed by atoms with van der Waals surface area (Å²) in [4.78, 5) is 6.77. The van der Waals surface area contributed by atoms with Crippen molar-refractivity contribution in [2.24, 2.45) is 5.73 Å². The number of nitrogens with zero attached hydrogens (tertiary/aromatic N) is 2. The monoisotopic (exact) mass is 265 g/mol. The second-order valence-corrected chi connectivity index (χ2v) is 6.02. The molecular formula is C13H19N3OS. The Bertz CT molecular complexity index is 532. The van der Waals surface area contributed by atoms with Crippen molar-refractivity contribution in [2.45, 2.75) is 32.9 Å². The van der Waals surface area contributed by atoms with Gasteiger partial charge in [-0.3, -0.25) is 0 Å². The molecule has 0 radical (unpaired) electrons. The summed E-state index contributed by atoms with van der Waals surface area (Å²) in [6, 6.07) is 2.01. The first-order valence-corrected chi connectivity index (χ1v) is 6.81. The molecule has 0 aliphatic carbocycles. The smallest absolute Gasteiger partial charge is 0.0954 e. The first-order valence-electron chi connectivity index (χ1n) is 5.99. The van der Waals surface area contributed by atoms with Gasteiger partial charge in [0, 0.05) is 16.0 Å². The van der Waals surface area contributed by atoms with E-state index in [4.69, 9.17) is 5.73 Å². The van der Waals surface area contributed by atoms with Gasteiger partial charge in [0.15, 0.2) is 0 Å². The number of hydrogen-bond acceptors (Lipinski definition) is 4. The van der Waals surface area contributed by atoms with Crippen LogP contribution in [0.2, 0.25) is 0 Å². The highest BCUT2D eigenvalue weighted by atomic mass is 32.1. The Morgan fingerprint density at radius 3 is 2.78 bits per heavy atom. The Kier molecular flexibility index (Phi) is 3.85. The van der Waals surface area contributed by atoms with Crippen LogP contribution in [0, 0.1) is 13.8 Å². The second kappa shape index (κ2) is 5.22. The Morgan fingerprint density at radius 2 is 2.22 bits per heavy atom. The maximum atomic E-state index is 9.18. The summed E-state index contributed by atoms with van der Waals surface area (Å²) in [6.45, 7) is 6.30. The van der Waals surface area contributed by atoms with Crippen LogP contribution >= 0.6 is 11.3 Å². The summed E-state index contributed by atoms with van der Waals surface area (Å²) < 4.78 is 2.04. The van der Waals surface area contributed by atoms with Crippen LogP contribution in [-0.4, -0.2) is 21.3 Å². The third-order valence-corrected chi connectivity index (χ3v) is 4.20. The van der Waals surface area contributed by atoms with E-state index in [1.54, 1.807) is 23.9 Å². The van der Waals surface area contributed by atoms with Gasteiger partial charge in [0.25, 0.3) is 0 Å². The van der Waals surface area contributed by atoms with E-state index in [0.29, 0.717) is 0 Å². The Labute approximate surface area is 111 Å². The number of hydrogen-bond donors (Lipinski definition) is 2. The average Bonchev–Trinajstić information content (AvgIpc) is 2.94. The summed E-state index contributed by atoms with van der Waals surface area (Å²) in [5, 5.41) is 9.18. The van der Waals surface area contributed by atoms with Gasteiger partial charge < -0.3 is 15.4 Å². The SMILES string of the molecule is Cc1cc(C(C)n2cncc2C(N)CO)c(C)s1. The van der Waals surface area contributed by atoms with Crippen molar-refractivity contribution in [2.75, 3.05) is 6.61 Å². The van der Waals surface area contributed by atoms with Crippen LogP contribution in [-0.2, 0) is 0 Å². The molecule has 2 rings (SSSR count). The van der Waals surface area contributed by atoms with E-state index < -0.39 is 0 Å². The molecule has 0 saturated carbocycles. The molecule has 0 spiro atoms. The second-order valence-electron chi connectivity index (χ2n) is 4.56. The van der Waals surface area contributed by atoms with E-state index in [0.717, 1.165) is 5.69 Å². The minimum Gasteiger partial charge on any atom is -0.394 e. The Balaban J connectivity index is 2.37. The molecule has 98 valence electrons. The molecule has 2 heterocycles. The van der Waals surface area contributed by atoms with Crippen molar-refractivity contribution in [3.63, 3.8) is 0 Å². The third-order valence-electron chi connectivity index (χ3n) is 3.22. The van der Waals surface area contributed by atoms with Crippen molar-refractivity contribution >= 4 is 11.3 Å². The first-order chi connectivity index (χ1) is 8.54. The molecular weight excluding hydrogens is 246 g/mol. The lowest BCUT2D eigenvalue weighted by molar-refractivity contribution is 0.262. The maximum absolute atomic E-state index is 9.18. The fourth-order valence-electron chi connectivity index (χ4n) is 2.23. The van der Waals surface area contributed by atoms with Crippen molar-refractivity contribution in [1.29, 1.82) is 0 Å². The molecule has 5 heteroatoms. The van der Waals surface area contributed by atoms with E-state index in [-0.39, 0.29) is 18.7 Å². The number of imidazole rings is 1. The highest BCUT2D eigenvalue weighted by molar-refractivity contribution is 7.12. The lowest BCUT2D eigenvalue weighted by Crippen LogP contribution is -2.20. The molecule has 0 aliphatic heterocycles. The van der Waals surface area contributed by atoms with Gasteiger partial charge in [-0.1, -0.05) is 0 Å². The molecule has 2 aromatic heterocycles. The van der Waals surface area contributed by atoms with Crippen LogP contribution in [0.25, 0.3) is 0 Å². The molecule has 18 heavy (non-hydrogen) atoms. The summed E-state index contributed by atoms with van der Waals surface area (Å²) in [7, 11) is 0. The summed E-state index contributed by atoms with van der Waals surface area (Å²) >= 11 is 1.80. The number of aliphatic hydroxyl groups is 1. The molecule has 0 aliphatic rings. The standard InChI is InChI=1S/C13H19N3OS/c1-8-4-11(10(3)18-8)9(2)16-7-15-5-13(16)12(14)6-17/h4-5,7,9,12,17H,6,14H2,1-3H3. The van der Waals surface area contributed by atoms with Crippen molar-refractivity contribution in [1.82, 2.24) is 9.55 Å². The van der Waals surface area contributed by atoms with E-state index in [1.807, 2.05) is 4.57 Å². The normalized spacial score (nSPS) is 14.7. The number of thiophene rings is 1. The molecule has 0 aromatic carbocycles. The van der Waals surface area contributed by atoms with E-state index in [9.17, 15) is 5.11 Å². The van der Waals surface area contributed by atoms with Gasteiger partial charge in [-0.05, 0) is 32.4 Å². The Morgan fingerprint density at radius 1 is 1.50 bits per heavy atom. The van der Waals surface area contributed by atoms with Crippen molar-refractivity contribution in [3.8, 4) is 0 Å². The minimum absolute atomic E-state index is 0.0694. The van der Waals surface area contributed by atoms with Crippen LogP contribution in [0.15, 0.2) is 18.6 Å². The fraction of sp³-hybridized carbons (Fsp3) is 0.462. The molecule has 0 saturated heterocycles.